The van der Waals surface area contributed by atoms with Crippen molar-refractivity contribution in [2.75, 3.05) is 20.1 Å². The molecular weight excluding hydrogens is 193 g/mol. The Balaban J connectivity index is 3.82. The van der Waals surface area contributed by atoms with E-state index in [1.54, 1.807) is 6.92 Å². The first-order valence-corrected chi connectivity index (χ1v) is 4.72. The van der Waals surface area contributed by atoms with E-state index in [2.05, 4.69) is 5.32 Å². The first kappa shape index (κ1) is 13.7. The van der Waals surface area contributed by atoms with Crippen LogP contribution in [0.1, 0.15) is 20.8 Å². The first-order chi connectivity index (χ1) is 6.22. The van der Waals surface area contributed by atoms with Gasteiger partial charge in [0.2, 0.25) is 0 Å². The second-order valence-electron chi connectivity index (χ2n) is 3.94. The summed E-state index contributed by atoms with van der Waals surface area (Å²) in [5.41, 5.74) is 0. The zero-order valence-electron chi connectivity index (χ0n) is 9.15. The van der Waals surface area contributed by atoms with Gasteiger partial charge in [-0.15, -0.1) is 0 Å². The molecule has 0 fully saturated rings. The van der Waals surface area contributed by atoms with Crippen LogP contribution in [0, 0.1) is 0 Å². The van der Waals surface area contributed by atoms with E-state index in [-0.39, 0.29) is 6.04 Å². The topological polar surface area (TPSA) is 15.3 Å². The summed E-state index contributed by atoms with van der Waals surface area (Å²) in [4.78, 5) is 1.30. The van der Waals surface area contributed by atoms with Crippen molar-refractivity contribution in [3.63, 3.8) is 0 Å². The number of nitrogens with one attached hydrogen (secondary N) is 1. The van der Waals surface area contributed by atoms with E-state index in [4.69, 9.17) is 0 Å². The summed E-state index contributed by atoms with van der Waals surface area (Å²) < 4.78 is 36.0. The van der Waals surface area contributed by atoms with Crippen LogP contribution in [0.5, 0.6) is 0 Å². The molecule has 0 bridgehead atoms. The van der Waals surface area contributed by atoms with E-state index in [0.717, 1.165) is 0 Å². The Hall–Kier alpha value is -0.290. The Bertz CT molecular complexity index is 157. The fourth-order valence-electron chi connectivity index (χ4n) is 1.00. The second kappa shape index (κ2) is 5.56. The fourth-order valence-corrected chi connectivity index (χ4v) is 1.00. The van der Waals surface area contributed by atoms with Crippen LogP contribution in [0.2, 0.25) is 0 Å². The quantitative estimate of drug-likeness (QED) is 0.748. The van der Waals surface area contributed by atoms with Crippen LogP contribution in [0.4, 0.5) is 13.2 Å². The highest BCUT2D eigenvalue weighted by atomic mass is 19.4. The second-order valence-corrected chi connectivity index (χ2v) is 3.94. The maximum absolute atomic E-state index is 12.0. The zero-order chi connectivity index (χ0) is 11.4. The average Bonchev–Trinajstić information content (AvgIpc) is 1.96. The lowest BCUT2D eigenvalue weighted by Gasteiger charge is -2.26. The standard InChI is InChI=1S/C9H19F3N2/c1-7(2)13-5-8(3)14(4)6-9(10,11)12/h7-8,13H,5-6H2,1-4H3. The van der Waals surface area contributed by atoms with Gasteiger partial charge in [-0.3, -0.25) is 4.90 Å². The van der Waals surface area contributed by atoms with E-state index < -0.39 is 12.7 Å². The minimum Gasteiger partial charge on any atom is -0.313 e. The van der Waals surface area contributed by atoms with Gasteiger partial charge in [-0.2, -0.15) is 13.2 Å². The van der Waals surface area contributed by atoms with Crippen molar-refractivity contribution < 1.29 is 13.2 Å². The molecule has 0 aliphatic carbocycles. The summed E-state index contributed by atoms with van der Waals surface area (Å²) in [6.45, 7) is 5.44. The van der Waals surface area contributed by atoms with Gasteiger partial charge in [-0.1, -0.05) is 13.8 Å². The van der Waals surface area contributed by atoms with E-state index in [1.807, 2.05) is 13.8 Å². The minimum atomic E-state index is -4.11. The van der Waals surface area contributed by atoms with E-state index in [0.29, 0.717) is 12.6 Å². The molecule has 0 aromatic heterocycles. The molecule has 0 radical (unpaired) electrons. The molecule has 0 rings (SSSR count). The largest absolute Gasteiger partial charge is 0.401 e. The molecule has 2 nitrogen and oxygen atoms in total. The molecule has 1 unspecified atom stereocenters. The average molecular weight is 212 g/mol. The number of likely N-dealkylation sites (N-methyl/N-ethyl adjacent to an activating group) is 1. The third kappa shape index (κ3) is 7.15. The summed E-state index contributed by atoms with van der Waals surface area (Å²) in [5.74, 6) is 0. The SMILES string of the molecule is CC(C)NCC(C)N(C)CC(F)(F)F. The van der Waals surface area contributed by atoms with Crippen molar-refractivity contribution >= 4 is 0 Å². The summed E-state index contributed by atoms with van der Waals surface area (Å²) in [5, 5.41) is 3.10. The number of nitrogens with zero attached hydrogens (tertiary/aromatic N) is 1. The predicted molar refractivity (Wildman–Crippen MR) is 51.3 cm³/mol. The van der Waals surface area contributed by atoms with Crippen molar-refractivity contribution in [2.45, 2.75) is 39.0 Å². The van der Waals surface area contributed by atoms with Gasteiger partial charge in [-0.05, 0) is 14.0 Å². The van der Waals surface area contributed by atoms with Gasteiger partial charge in [-0.25, -0.2) is 0 Å². The lowest BCUT2D eigenvalue weighted by Crippen LogP contribution is -2.43. The molecule has 0 spiro atoms. The molecule has 1 atom stereocenters. The number of rotatable bonds is 5. The normalized spacial score (nSPS) is 15.2. The minimum absolute atomic E-state index is 0.112. The van der Waals surface area contributed by atoms with Crippen molar-refractivity contribution in [1.82, 2.24) is 10.2 Å². The third-order valence-electron chi connectivity index (χ3n) is 2.00. The maximum atomic E-state index is 12.0. The van der Waals surface area contributed by atoms with E-state index in [1.165, 1.54) is 11.9 Å². The van der Waals surface area contributed by atoms with Gasteiger partial charge in [0.1, 0.15) is 0 Å². The molecule has 0 amide bonds. The Morgan fingerprint density at radius 3 is 2.07 bits per heavy atom. The van der Waals surface area contributed by atoms with E-state index >= 15 is 0 Å². The summed E-state index contributed by atoms with van der Waals surface area (Å²) in [6.07, 6.45) is -4.11. The predicted octanol–water partition coefficient (Wildman–Crippen LogP) is 1.87. The van der Waals surface area contributed by atoms with Crippen LogP contribution in [-0.4, -0.2) is 43.3 Å². The highest BCUT2D eigenvalue weighted by Crippen LogP contribution is 2.16. The van der Waals surface area contributed by atoms with Crippen molar-refractivity contribution in [2.24, 2.45) is 0 Å². The number of halogens is 3. The van der Waals surface area contributed by atoms with Gasteiger partial charge in [0.15, 0.2) is 0 Å². The van der Waals surface area contributed by atoms with Crippen molar-refractivity contribution in [3.8, 4) is 0 Å². The first-order valence-electron chi connectivity index (χ1n) is 4.72. The molecule has 86 valence electrons. The van der Waals surface area contributed by atoms with Crippen LogP contribution in [0.25, 0.3) is 0 Å². The highest BCUT2D eigenvalue weighted by molar-refractivity contribution is 4.70. The molecular formula is C9H19F3N2. The van der Waals surface area contributed by atoms with Crippen LogP contribution in [0.3, 0.4) is 0 Å². The van der Waals surface area contributed by atoms with Gasteiger partial charge in [0.25, 0.3) is 0 Å². The van der Waals surface area contributed by atoms with Crippen molar-refractivity contribution in [3.05, 3.63) is 0 Å². The molecule has 1 N–H and O–H groups in total. The maximum Gasteiger partial charge on any atom is 0.401 e. The lowest BCUT2D eigenvalue weighted by molar-refractivity contribution is -0.146. The Morgan fingerprint density at radius 2 is 1.71 bits per heavy atom. The van der Waals surface area contributed by atoms with Crippen molar-refractivity contribution in [1.29, 1.82) is 0 Å². The van der Waals surface area contributed by atoms with Gasteiger partial charge >= 0.3 is 6.18 Å². The molecule has 0 saturated heterocycles. The summed E-state index contributed by atoms with van der Waals surface area (Å²) in [7, 11) is 1.49. The molecule has 0 aliphatic rings. The number of hydrogen-bond acceptors (Lipinski definition) is 2. The number of hydrogen-bond donors (Lipinski definition) is 1. The Labute approximate surface area is 83.5 Å². The van der Waals surface area contributed by atoms with Crippen LogP contribution in [-0.2, 0) is 0 Å². The lowest BCUT2D eigenvalue weighted by atomic mass is 10.2. The summed E-state index contributed by atoms with van der Waals surface area (Å²) in [6, 6.07) is 0.191. The molecule has 0 heterocycles. The fraction of sp³-hybridized carbons (Fsp3) is 1.00. The third-order valence-corrected chi connectivity index (χ3v) is 2.00. The van der Waals surface area contributed by atoms with Gasteiger partial charge in [0, 0.05) is 18.6 Å². The molecule has 0 aromatic carbocycles. The summed E-state index contributed by atoms with van der Waals surface area (Å²) >= 11 is 0. The molecule has 0 saturated carbocycles. The molecule has 0 aliphatic heterocycles. The Morgan fingerprint density at radius 1 is 1.21 bits per heavy atom. The van der Waals surface area contributed by atoms with Crippen LogP contribution >= 0.6 is 0 Å². The molecule has 0 aromatic rings. The van der Waals surface area contributed by atoms with Gasteiger partial charge < -0.3 is 5.32 Å². The van der Waals surface area contributed by atoms with Gasteiger partial charge in [0.05, 0.1) is 6.54 Å². The van der Waals surface area contributed by atoms with Crippen LogP contribution < -0.4 is 5.32 Å². The van der Waals surface area contributed by atoms with Crippen LogP contribution in [0.15, 0.2) is 0 Å². The molecule has 14 heavy (non-hydrogen) atoms. The highest BCUT2D eigenvalue weighted by Gasteiger charge is 2.30. The molecule has 5 heteroatoms. The number of alkyl halides is 3. The smallest absolute Gasteiger partial charge is 0.313 e. The van der Waals surface area contributed by atoms with E-state index in [9.17, 15) is 13.2 Å². The monoisotopic (exact) mass is 212 g/mol. The Kier molecular flexibility index (Phi) is 5.44. The zero-order valence-corrected chi connectivity index (χ0v) is 9.15.